The Balaban J connectivity index is 2.22. The summed E-state index contributed by atoms with van der Waals surface area (Å²) in [6.45, 7) is 2.10. The maximum absolute atomic E-state index is 9.33. The predicted molar refractivity (Wildman–Crippen MR) is 65.5 cm³/mol. The molecule has 0 saturated carbocycles. The van der Waals surface area contributed by atoms with Crippen molar-refractivity contribution in [2.45, 2.75) is 11.8 Å². The number of thioether (sulfide) groups is 1. The van der Waals surface area contributed by atoms with Gasteiger partial charge in [-0.15, -0.1) is 0 Å². The van der Waals surface area contributed by atoms with Gasteiger partial charge in [0.25, 0.3) is 0 Å². The van der Waals surface area contributed by atoms with Gasteiger partial charge < -0.3 is 5.11 Å². The molecule has 0 radical (unpaired) electrons. The molecule has 2 rings (SSSR count). The molecule has 1 heterocycles. The summed E-state index contributed by atoms with van der Waals surface area (Å²) in [7, 11) is 0.440. The second-order valence-electron chi connectivity index (χ2n) is 3.46. The standard InChI is InChI=1S/C11H14OS2/c1-9-8-10(12)2-3-11(9)14-6-4-13-5-7-14/h2-3,8H,4-7H2,1H3/p+1. The van der Waals surface area contributed by atoms with Crippen LogP contribution in [0.25, 0.3) is 0 Å². The molecule has 1 N–H and O–H groups in total. The number of aryl methyl sites for hydroxylation is 1. The monoisotopic (exact) mass is 227 g/mol. The minimum absolute atomic E-state index is 0.390. The first-order chi connectivity index (χ1) is 6.77. The molecule has 14 heavy (non-hydrogen) atoms. The highest BCUT2D eigenvalue weighted by molar-refractivity contribution is 8.05. The van der Waals surface area contributed by atoms with Crippen LogP contribution in [0.5, 0.6) is 5.75 Å². The summed E-state index contributed by atoms with van der Waals surface area (Å²) in [5.41, 5.74) is 1.25. The van der Waals surface area contributed by atoms with Crippen molar-refractivity contribution in [2.24, 2.45) is 0 Å². The van der Waals surface area contributed by atoms with Crippen LogP contribution in [0.1, 0.15) is 5.56 Å². The van der Waals surface area contributed by atoms with Crippen LogP contribution in [0.4, 0.5) is 0 Å². The number of rotatable bonds is 1. The fraction of sp³-hybridized carbons (Fsp3) is 0.455. The highest BCUT2D eigenvalue weighted by atomic mass is 32.2. The lowest BCUT2D eigenvalue weighted by atomic mass is 10.2. The van der Waals surface area contributed by atoms with Gasteiger partial charge in [-0.05, 0) is 25.1 Å². The number of aromatic hydroxyl groups is 1. The summed E-state index contributed by atoms with van der Waals surface area (Å²) >= 11 is 2.06. The number of hydrogen-bond acceptors (Lipinski definition) is 2. The van der Waals surface area contributed by atoms with Crippen LogP contribution in [0.3, 0.4) is 0 Å². The fourth-order valence-electron chi connectivity index (χ4n) is 1.70. The molecule has 1 aliphatic heterocycles. The van der Waals surface area contributed by atoms with E-state index in [9.17, 15) is 5.11 Å². The molecular formula is C11H15OS2+. The van der Waals surface area contributed by atoms with E-state index in [0.29, 0.717) is 16.6 Å². The largest absolute Gasteiger partial charge is 0.508 e. The van der Waals surface area contributed by atoms with Crippen LogP contribution in [0, 0.1) is 6.92 Å². The van der Waals surface area contributed by atoms with Crippen molar-refractivity contribution >= 4 is 22.7 Å². The average molecular weight is 227 g/mol. The Morgan fingerprint density at radius 3 is 2.64 bits per heavy atom. The molecule has 0 amide bonds. The molecule has 1 saturated heterocycles. The molecule has 1 nitrogen and oxygen atoms in total. The lowest BCUT2D eigenvalue weighted by molar-refractivity contribution is 0.474. The van der Waals surface area contributed by atoms with E-state index in [4.69, 9.17) is 0 Å². The van der Waals surface area contributed by atoms with E-state index in [1.54, 1.807) is 0 Å². The topological polar surface area (TPSA) is 20.2 Å². The van der Waals surface area contributed by atoms with E-state index in [1.165, 1.54) is 33.5 Å². The molecule has 0 aromatic heterocycles. The minimum atomic E-state index is 0.390. The molecule has 0 unspecified atom stereocenters. The van der Waals surface area contributed by atoms with E-state index in [2.05, 4.69) is 24.8 Å². The maximum Gasteiger partial charge on any atom is 0.158 e. The SMILES string of the molecule is Cc1cc(O)ccc1[S+]1CCSCC1. The van der Waals surface area contributed by atoms with E-state index in [1.807, 2.05) is 12.1 Å². The Morgan fingerprint density at radius 2 is 2.00 bits per heavy atom. The van der Waals surface area contributed by atoms with Gasteiger partial charge in [0.05, 0.1) is 0 Å². The molecule has 3 heteroatoms. The second-order valence-corrected chi connectivity index (χ2v) is 6.93. The Bertz CT molecular complexity index is 319. The van der Waals surface area contributed by atoms with Crippen LogP contribution in [-0.2, 0) is 10.9 Å². The van der Waals surface area contributed by atoms with E-state index >= 15 is 0 Å². The van der Waals surface area contributed by atoms with Crippen molar-refractivity contribution in [1.82, 2.24) is 0 Å². The summed E-state index contributed by atoms with van der Waals surface area (Å²) in [5, 5.41) is 9.33. The van der Waals surface area contributed by atoms with Crippen LogP contribution in [-0.4, -0.2) is 28.1 Å². The molecule has 0 aliphatic carbocycles. The molecule has 0 bridgehead atoms. The summed E-state index contributed by atoms with van der Waals surface area (Å²) in [5.74, 6) is 5.61. The Labute approximate surface area is 92.3 Å². The molecule has 0 spiro atoms. The molecular weight excluding hydrogens is 212 g/mol. The highest BCUT2D eigenvalue weighted by Gasteiger charge is 2.26. The van der Waals surface area contributed by atoms with Crippen molar-refractivity contribution in [1.29, 1.82) is 0 Å². The number of phenolic OH excluding ortho intramolecular Hbond substituents is 1. The average Bonchev–Trinajstić information content (AvgIpc) is 2.19. The molecule has 1 aromatic rings. The lowest BCUT2D eigenvalue weighted by Crippen LogP contribution is -2.21. The molecule has 76 valence electrons. The van der Waals surface area contributed by atoms with E-state index in [-0.39, 0.29) is 0 Å². The van der Waals surface area contributed by atoms with Crippen LogP contribution >= 0.6 is 11.8 Å². The van der Waals surface area contributed by atoms with Gasteiger partial charge in [-0.2, -0.15) is 11.8 Å². The molecule has 1 aliphatic rings. The lowest BCUT2D eigenvalue weighted by Gasteiger charge is -2.14. The van der Waals surface area contributed by atoms with Gasteiger partial charge in [-0.1, -0.05) is 0 Å². The van der Waals surface area contributed by atoms with Gasteiger partial charge in [0.2, 0.25) is 0 Å². The van der Waals surface area contributed by atoms with Crippen LogP contribution in [0.2, 0.25) is 0 Å². The quantitative estimate of drug-likeness (QED) is 0.744. The summed E-state index contributed by atoms with van der Waals surface area (Å²) < 4.78 is 0. The summed E-state index contributed by atoms with van der Waals surface area (Å²) in [4.78, 5) is 1.46. The Kier molecular flexibility index (Phi) is 3.29. The number of phenols is 1. The zero-order chi connectivity index (χ0) is 9.97. The number of hydrogen-bond donors (Lipinski definition) is 1. The highest BCUT2D eigenvalue weighted by Crippen LogP contribution is 2.26. The third-order valence-electron chi connectivity index (χ3n) is 2.42. The third-order valence-corrected chi connectivity index (χ3v) is 6.39. The Hall–Kier alpha value is -0.280. The summed E-state index contributed by atoms with van der Waals surface area (Å²) in [6, 6.07) is 5.80. The van der Waals surface area contributed by atoms with Gasteiger partial charge >= 0.3 is 0 Å². The number of benzene rings is 1. The zero-order valence-corrected chi connectivity index (χ0v) is 9.96. The fourth-order valence-corrected chi connectivity index (χ4v) is 5.88. The first-order valence-electron chi connectivity index (χ1n) is 4.82. The van der Waals surface area contributed by atoms with Gasteiger partial charge in [0, 0.05) is 28.0 Å². The van der Waals surface area contributed by atoms with E-state index < -0.39 is 0 Å². The van der Waals surface area contributed by atoms with Gasteiger partial charge in [-0.3, -0.25) is 0 Å². The molecule has 1 aromatic carbocycles. The smallest absolute Gasteiger partial charge is 0.158 e. The van der Waals surface area contributed by atoms with Gasteiger partial charge in [0.1, 0.15) is 17.3 Å². The molecule has 0 atom stereocenters. The van der Waals surface area contributed by atoms with Gasteiger partial charge in [0.15, 0.2) is 4.90 Å². The normalized spacial score (nSPS) is 18.4. The third kappa shape index (κ3) is 2.20. The first kappa shape index (κ1) is 10.2. The van der Waals surface area contributed by atoms with E-state index in [0.717, 1.165) is 0 Å². The predicted octanol–water partition coefficient (Wildman–Crippen LogP) is 2.42. The van der Waals surface area contributed by atoms with Crippen molar-refractivity contribution in [3.8, 4) is 5.75 Å². The second kappa shape index (κ2) is 4.49. The van der Waals surface area contributed by atoms with Crippen LogP contribution < -0.4 is 0 Å². The van der Waals surface area contributed by atoms with Crippen LogP contribution in [0.15, 0.2) is 23.1 Å². The Morgan fingerprint density at radius 1 is 1.29 bits per heavy atom. The van der Waals surface area contributed by atoms with Crippen molar-refractivity contribution in [3.63, 3.8) is 0 Å². The zero-order valence-electron chi connectivity index (χ0n) is 8.32. The van der Waals surface area contributed by atoms with Crippen molar-refractivity contribution in [2.75, 3.05) is 23.0 Å². The first-order valence-corrected chi connectivity index (χ1v) is 7.54. The van der Waals surface area contributed by atoms with Crippen molar-refractivity contribution < 1.29 is 5.11 Å². The maximum atomic E-state index is 9.33. The van der Waals surface area contributed by atoms with Crippen molar-refractivity contribution in [3.05, 3.63) is 23.8 Å². The molecule has 1 fully saturated rings. The van der Waals surface area contributed by atoms with Gasteiger partial charge in [-0.25, -0.2) is 0 Å². The summed E-state index contributed by atoms with van der Waals surface area (Å²) in [6.07, 6.45) is 0. The minimum Gasteiger partial charge on any atom is -0.508 e.